The van der Waals surface area contributed by atoms with Crippen LogP contribution in [-0.2, 0) is 6.42 Å². The minimum atomic E-state index is -0.0859. The lowest BCUT2D eigenvalue weighted by Crippen LogP contribution is -2.30. The molecule has 7 nitrogen and oxygen atoms in total. The summed E-state index contributed by atoms with van der Waals surface area (Å²) < 4.78 is 7.49. The summed E-state index contributed by atoms with van der Waals surface area (Å²) in [7, 11) is 0. The van der Waals surface area contributed by atoms with Gasteiger partial charge in [0, 0.05) is 48.7 Å². The summed E-state index contributed by atoms with van der Waals surface area (Å²) in [5.74, 6) is 1.21. The summed E-state index contributed by atoms with van der Waals surface area (Å²) in [5, 5.41) is 0. The zero-order valence-electron chi connectivity index (χ0n) is 15.9. The van der Waals surface area contributed by atoms with Crippen LogP contribution in [0.2, 0.25) is 0 Å². The number of fused-ring (bicyclic) bond motifs is 2. The molecule has 7 heteroatoms. The molecule has 0 atom stereocenters. The smallest absolute Gasteiger partial charge is 0.263 e. The van der Waals surface area contributed by atoms with Gasteiger partial charge in [-0.15, -0.1) is 0 Å². The number of hydrogen-bond donors (Lipinski definition) is 0. The zero-order chi connectivity index (χ0) is 19.8. The predicted octanol–water partition coefficient (Wildman–Crippen LogP) is 3.39. The fourth-order valence-electron chi connectivity index (χ4n) is 3.74. The Kier molecular flexibility index (Phi) is 4.20. The van der Waals surface area contributed by atoms with E-state index in [2.05, 4.69) is 21.0 Å². The second-order valence-electron chi connectivity index (χ2n) is 6.78. The molecule has 0 saturated carbocycles. The van der Waals surface area contributed by atoms with Crippen molar-refractivity contribution in [3.8, 4) is 17.0 Å². The number of carbonyl (C=O) groups is 1. The molecular weight excluding hydrogens is 366 g/mol. The number of aromatic nitrogens is 4. The van der Waals surface area contributed by atoms with Crippen LogP contribution in [0, 0.1) is 0 Å². The monoisotopic (exact) mass is 385 g/mol. The first-order chi connectivity index (χ1) is 14.3. The van der Waals surface area contributed by atoms with Crippen molar-refractivity contribution in [2.45, 2.75) is 13.3 Å². The number of anilines is 1. The van der Waals surface area contributed by atoms with Gasteiger partial charge in [-0.05, 0) is 49.2 Å². The van der Waals surface area contributed by atoms with Crippen LogP contribution in [0.5, 0.6) is 5.88 Å². The molecule has 1 aliphatic heterocycles. The van der Waals surface area contributed by atoms with E-state index in [1.165, 1.54) is 0 Å². The minimum Gasteiger partial charge on any atom is -0.478 e. The van der Waals surface area contributed by atoms with E-state index in [1.54, 1.807) is 29.6 Å². The van der Waals surface area contributed by atoms with E-state index < -0.39 is 0 Å². The molecule has 0 aromatic carbocycles. The molecule has 5 heterocycles. The molecule has 0 unspecified atom stereocenters. The van der Waals surface area contributed by atoms with Crippen LogP contribution < -0.4 is 9.64 Å². The molecule has 0 radical (unpaired) electrons. The second-order valence-corrected chi connectivity index (χ2v) is 6.78. The highest BCUT2D eigenvalue weighted by Crippen LogP contribution is 2.34. The van der Waals surface area contributed by atoms with Crippen molar-refractivity contribution >= 4 is 17.4 Å². The van der Waals surface area contributed by atoms with Crippen LogP contribution in [-0.4, -0.2) is 38.4 Å². The second kappa shape index (κ2) is 7.01. The van der Waals surface area contributed by atoms with E-state index in [4.69, 9.17) is 4.74 Å². The Morgan fingerprint density at radius 2 is 2.07 bits per heavy atom. The topological polar surface area (TPSA) is 72.6 Å². The lowest BCUT2D eigenvalue weighted by Gasteiger charge is -2.17. The fourth-order valence-corrected chi connectivity index (χ4v) is 3.74. The van der Waals surface area contributed by atoms with E-state index in [-0.39, 0.29) is 5.91 Å². The van der Waals surface area contributed by atoms with Crippen LogP contribution in [0.1, 0.15) is 22.8 Å². The Bertz CT molecular complexity index is 1220. The molecule has 0 bridgehead atoms. The van der Waals surface area contributed by atoms with Crippen molar-refractivity contribution in [3.05, 3.63) is 72.4 Å². The van der Waals surface area contributed by atoms with E-state index in [0.717, 1.165) is 23.1 Å². The Hall–Kier alpha value is -3.74. The molecule has 1 amide bonds. The standard InChI is InChI=1S/C22H19N5O2/c1-2-29-21-17(5-3-8-24-21)16-13-15-7-11-27(19(15)25-14-16)22(28)18-6-4-10-26-12-9-23-20(18)26/h3-6,8-10,12-14H,2,7,11H2,1H3. The molecule has 4 aromatic rings. The van der Waals surface area contributed by atoms with E-state index >= 15 is 0 Å². The van der Waals surface area contributed by atoms with Crippen LogP contribution in [0.15, 0.2) is 61.3 Å². The highest BCUT2D eigenvalue weighted by molar-refractivity contribution is 6.10. The molecule has 5 rings (SSSR count). The Balaban J connectivity index is 1.50. The van der Waals surface area contributed by atoms with Crippen molar-refractivity contribution in [2.75, 3.05) is 18.1 Å². The Morgan fingerprint density at radius 3 is 2.97 bits per heavy atom. The summed E-state index contributed by atoms with van der Waals surface area (Å²) in [4.78, 5) is 28.2. The highest BCUT2D eigenvalue weighted by atomic mass is 16.5. The summed E-state index contributed by atoms with van der Waals surface area (Å²) in [6.45, 7) is 3.07. The maximum Gasteiger partial charge on any atom is 0.263 e. The summed E-state index contributed by atoms with van der Waals surface area (Å²) in [6, 6.07) is 9.59. The predicted molar refractivity (Wildman–Crippen MR) is 109 cm³/mol. The Labute approximate surface area is 167 Å². The first-order valence-electron chi connectivity index (χ1n) is 9.57. The number of carbonyl (C=O) groups excluding carboxylic acids is 1. The van der Waals surface area contributed by atoms with Crippen LogP contribution in [0.25, 0.3) is 16.8 Å². The van der Waals surface area contributed by atoms with E-state index in [1.807, 2.05) is 41.9 Å². The number of imidazole rings is 1. The average molecular weight is 385 g/mol. The van der Waals surface area contributed by atoms with Crippen molar-refractivity contribution in [1.82, 2.24) is 19.4 Å². The molecule has 29 heavy (non-hydrogen) atoms. The van der Waals surface area contributed by atoms with Gasteiger partial charge in [-0.25, -0.2) is 15.0 Å². The third-order valence-corrected chi connectivity index (χ3v) is 5.06. The van der Waals surface area contributed by atoms with E-state index in [9.17, 15) is 4.79 Å². The quantitative estimate of drug-likeness (QED) is 0.538. The third-order valence-electron chi connectivity index (χ3n) is 5.06. The Morgan fingerprint density at radius 1 is 1.14 bits per heavy atom. The highest BCUT2D eigenvalue weighted by Gasteiger charge is 2.29. The fraction of sp³-hybridized carbons (Fsp3) is 0.182. The van der Waals surface area contributed by atoms with Crippen LogP contribution >= 0.6 is 0 Å². The normalized spacial score (nSPS) is 12.9. The van der Waals surface area contributed by atoms with Gasteiger partial charge in [-0.1, -0.05) is 0 Å². The molecule has 0 fully saturated rings. The molecule has 4 aromatic heterocycles. The van der Waals surface area contributed by atoms with Gasteiger partial charge in [0.05, 0.1) is 12.2 Å². The van der Waals surface area contributed by atoms with Gasteiger partial charge in [0.25, 0.3) is 5.91 Å². The van der Waals surface area contributed by atoms with E-state index in [0.29, 0.717) is 36.1 Å². The SMILES string of the molecule is CCOc1ncccc1-c1cnc2c(c1)CCN2C(=O)c1cccn2ccnc12. The number of rotatable bonds is 4. The van der Waals surface area contributed by atoms with Crippen LogP contribution in [0.4, 0.5) is 5.82 Å². The molecule has 1 aliphatic rings. The van der Waals surface area contributed by atoms with Gasteiger partial charge >= 0.3 is 0 Å². The zero-order valence-corrected chi connectivity index (χ0v) is 15.9. The first kappa shape index (κ1) is 17.4. The number of pyridine rings is 3. The maximum atomic E-state index is 13.2. The van der Waals surface area contributed by atoms with Crippen molar-refractivity contribution in [3.63, 3.8) is 0 Å². The molecule has 0 spiro atoms. The average Bonchev–Trinajstić information content (AvgIpc) is 3.40. The molecule has 0 aliphatic carbocycles. The number of amides is 1. The van der Waals surface area contributed by atoms with Gasteiger partial charge < -0.3 is 9.14 Å². The summed E-state index contributed by atoms with van der Waals surface area (Å²) >= 11 is 0. The lowest BCUT2D eigenvalue weighted by molar-refractivity contribution is 0.0990. The molecule has 0 saturated heterocycles. The summed E-state index contributed by atoms with van der Waals surface area (Å²) in [5.41, 5.74) is 4.10. The van der Waals surface area contributed by atoms with Gasteiger partial charge in [-0.3, -0.25) is 9.69 Å². The van der Waals surface area contributed by atoms with Crippen molar-refractivity contribution < 1.29 is 9.53 Å². The molecule has 0 N–H and O–H groups in total. The van der Waals surface area contributed by atoms with Gasteiger partial charge in [-0.2, -0.15) is 0 Å². The van der Waals surface area contributed by atoms with Crippen molar-refractivity contribution in [1.29, 1.82) is 0 Å². The third kappa shape index (κ3) is 2.91. The molecule has 144 valence electrons. The maximum absolute atomic E-state index is 13.2. The van der Waals surface area contributed by atoms with Gasteiger partial charge in [0.2, 0.25) is 5.88 Å². The number of hydrogen-bond acceptors (Lipinski definition) is 5. The van der Waals surface area contributed by atoms with Gasteiger partial charge in [0.1, 0.15) is 11.5 Å². The minimum absolute atomic E-state index is 0.0859. The first-order valence-corrected chi connectivity index (χ1v) is 9.57. The number of nitrogens with zero attached hydrogens (tertiary/aromatic N) is 5. The largest absolute Gasteiger partial charge is 0.478 e. The van der Waals surface area contributed by atoms with Crippen LogP contribution in [0.3, 0.4) is 0 Å². The van der Waals surface area contributed by atoms with Crippen molar-refractivity contribution in [2.24, 2.45) is 0 Å². The molecular formula is C22H19N5O2. The van der Waals surface area contributed by atoms with Gasteiger partial charge in [0.15, 0.2) is 0 Å². The summed E-state index contributed by atoms with van der Waals surface area (Å²) in [6.07, 6.45) is 9.65. The lowest BCUT2D eigenvalue weighted by atomic mass is 10.1. The number of ether oxygens (including phenoxy) is 1.